The van der Waals surface area contributed by atoms with E-state index < -0.39 is 0 Å². The monoisotopic (exact) mass is 543 g/mol. The van der Waals surface area contributed by atoms with E-state index in [1.54, 1.807) is 0 Å². The van der Waals surface area contributed by atoms with Crippen LogP contribution in [0.2, 0.25) is 0 Å². The van der Waals surface area contributed by atoms with E-state index in [1.165, 1.54) is 63.2 Å². The van der Waals surface area contributed by atoms with Crippen LogP contribution in [0.15, 0.2) is 36.7 Å². The second-order valence-corrected chi connectivity index (χ2v) is 12.4. The summed E-state index contributed by atoms with van der Waals surface area (Å²) in [6.45, 7) is 9.12. The molecule has 8 heteroatoms. The maximum absolute atomic E-state index is 13.2. The van der Waals surface area contributed by atoms with Gasteiger partial charge in [-0.1, -0.05) is 18.6 Å². The second kappa shape index (κ2) is 12.4. The van der Waals surface area contributed by atoms with Gasteiger partial charge in [0.25, 0.3) is 0 Å². The van der Waals surface area contributed by atoms with Crippen LogP contribution in [-0.4, -0.2) is 88.2 Å². The zero-order chi connectivity index (χ0) is 27.5. The SMILES string of the molecule is CN1CCN(CC2CCC(C(=O)Nc3cc4cc(-c5cnn(C)c5CN5CCCCC5)ccc4cn3)CC2)CC1. The molecule has 1 aliphatic carbocycles. The molecule has 2 aliphatic heterocycles. The molecule has 2 saturated heterocycles. The van der Waals surface area contributed by atoms with Gasteiger partial charge in [-0.2, -0.15) is 5.10 Å². The number of piperidine rings is 1. The predicted molar refractivity (Wildman–Crippen MR) is 161 cm³/mol. The van der Waals surface area contributed by atoms with E-state index in [1.807, 2.05) is 30.2 Å². The number of hydrogen-bond acceptors (Lipinski definition) is 6. The lowest BCUT2D eigenvalue weighted by atomic mass is 9.81. The Morgan fingerprint density at radius 1 is 0.875 bits per heavy atom. The van der Waals surface area contributed by atoms with E-state index in [0.29, 0.717) is 5.82 Å². The number of amides is 1. The highest BCUT2D eigenvalue weighted by atomic mass is 16.1. The Hall–Kier alpha value is -2.81. The quantitative estimate of drug-likeness (QED) is 0.469. The van der Waals surface area contributed by atoms with Gasteiger partial charge < -0.3 is 15.1 Å². The third kappa shape index (κ3) is 6.40. The van der Waals surface area contributed by atoms with Gasteiger partial charge >= 0.3 is 0 Å². The molecule has 1 aromatic carbocycles. The zero-order valence-corrected chi connectivity index (χ0v) is 24.3. The van der Waals surface area contributed by atoms with Crippen LogP contribution in [0, 0.1) is 11.8 Å². The molecule has 0 radical (unpaired) electrons. The molecular weight excluding hydrogens is 498 g/mol. The number of nitrogens with one attached hydrogen (secondary N) is 1. The van der Waals surface area contributed by atoms with Gasteiger partial charge in [0.05, 0.1) is 11.9 Å². The van der Waals surface area contributed by atoms with Crippen LogP contribution in [0.1, 0.15) is 50.6 Å². The highest BCUT2D eigenvalue weighted by Crippen LogP contribution is 2.32. The van der Waals surface area contributed by atoms with Crippen LogP contribution in [0.25, 0.3) is 21.9 Å². The van der Waals surface area contributed by atoms with Crippen molar-refractivity contribution < 1.29 is 4.79 Å². The molecule has 0 atom stereocenters. The number of carbonyl (C=O) groups excluding carboxylic acids is 1. The van der Waals surface area contributed by atoms with Gasteiger partial charge in [-0.25, -0.2) is 4.98 Å². The third-order valence-corrected chi connectivity index (χ3v) is 9.50. The number of likely N-dealkylation sites (tertiary alicyclic amines) is 1. The van der Waals surface area contributed by atoms with Crippen LogP contribution in [-0.2, 0) is 18.4 Å². The number of pyridine rings is 1. The molecule has 1 N–H and O–H groups in total. The summed E-state index contributed by atoms with van der Waals surface area (Å²) in [4.78, 5) is 25.3. The number of piperazine rings is 1. The fraction of sp³-hybridized carbons (Fsp3) is 0.594. The Bertz CT molecular complexity index is 1300. The summed E-state index contributed by atoms with van der Waals surface area (Å²) < 4.78 is 2.02. The topological polar surface area (TPSA) is 69.5 Å². The third-order valence-electron chi connectivity index (χ3n) is 9.50. The smallest absolute Gasteiger partial charge is 0.228 e. The van der Waals surface area contributed by atoms with Crippen molar-refractivity contribution in [2.24, 2.45) is 18.9 Å². The van der Waals surface area contributed by atoms with E-state index in [4.69, 9.17) is 0 Å². The fourth-order valence-electron chi connectivity index (χ4n) is 6.83. The number of aryl methyl sites for hydroxylation is 1. The first-order chi connectivity index (χ1) is 19.5. The van der Waals surface area contributed by atoms with Crippen LogP contribution in [0.4, 0.5) is 5.82 Å². The normalized spacial score (nSPS) is 23.4. The van der Waals surface area contributed by atoms with Gasteiger partial charge in [0.2, 0.25) is 5.91 Å². The maximum atomic E-state index is 13.2. The molecule has 40 heavy (non-hydrogen) atoms. The Balaban J connectivity index is 1.09. The first kappa shape index (κ1) is 27.4. The zero-order valence-electron chi connectivity index (χ0n) is 24.3. The van der Waals surface area contributed by atoms with Gasteiger partial charge in [0.15, 0.2) is 0 Å². The molecule has 0 bridgehead atoms. The van der Waals surface area contributed by atoms with E-state index in [0.717, 1.165) is 67.6 Å². The molecule has 214 valence electrons. The van der Waals surface area contributed by atoms with Crippen molar-refractivity contribution in [2.45, 2.75) is 51.5 Å². The molecule has 3 aliphatic rings. The van der Waals surface area contributed by atoms with Crippen molar-refractivity contribution in [2.75, 3.05) is 58.2 Å². The van der Waals surface area contributed by atoms with Crippen LogP contribution in [0.5, 0.6) is 0 Å². The van der Waals surface area contributed by atoms with Crippen LogP contribution in [0.3, 0.4) is 0 Å². The van der Waals surface area contributed by atoms with Gasteiger partial charge in [-0.3, -0.25) is 14.4 Å². The van der Waals surface area contributed by atoms with Crippen molar-refractivity contribution in [3.05, 3.63) is 42.4 Å². The standard InChI is InChI=1S/C32H45N7O/c1-36-14-16-39(17-15-36)22-24-6-8-25(9-7-24)32(40)35-31-19-28-18-26(10-11-27(28)20-33-31)29-21-34-37(2)30(29)23-38-12-4-3-5-13-38/h10-11,18-21,24-25H,3-9,12-17,22-23H2,1-2H3,(H,33,35,40). The highest BCUT2D eigenvalue weighted by Gasteiger charge is 2.28. The Labute approximate surface area is 238 Å². The van der Waals surface area contributed by atoms with Gasteiger partial charge in [-0.15, -0.1) is 0 Å². The lowest BCUT2D eigenvalue weighted by molar-refractivity contribution is -0.121. The number of fused-ring (bicyclic) bond motifs is 1. The van der Waals surface area contributed by atoms with Gasteiger partial charge in [0, 0.05) is 69.4 Å². The average molecular weight is 544 g/mol. The number of likely N-dealkylation sites (N-methyl/N-ethyl adjacent to an activating group) is 1. The lowest BCUT2D eigenvalue weighted by Gasteiger charge is -2.36. The molecule has 4 heterocycles. The number of carbonyl (C=O) groups is 1. The summed E-state index contributed by atoms with van der Waals surface area (Å²) in [5.41, 5.74) is 3.60. The van der Waals surface area contributed by atoms with Crippen LogP contribution >= 0.6 is 0 Å². The molecule has 8 nitrogen and oxygen atoms in total. The van der Waals surface area contributed by atoms with Crippen LogP contribution < -0.4 is 5.32 Å². The van der Waals surface area contributed by atoms with Crippen molar-refractivity contribution in [3.8, 4) is 11.1 Å². The summed E-state index contributed by atoms with van der Waals surface area (Å²) in [6, 6.07) is 8.53. The van der Waals surface area contributed by atoms with E-state index in [-0.39, 0.29) is 11.8 Å². The van der Waals surface area contributed by atoms with E-state index in [2.05, 4.69) is 55.3 Å². The molecule has 2 aromatic heterocycles. The summed E-state index contributed by atoms with van der Waals surface area (Å²) >= 11 is 0. The van der Waals surface area contributed by atoms with Gasteiger partial charge in [-0.05, 0) is 87.7 Å². The molecule has 6 rings (SSSR count). The molecule has 3 fully saturated rings. The Kier molecular flexibility index (Phi) is 8.46. The Morgan fingerprint density at radius 2 is 1.65 bits per heavy atom. The number of nitrogens with zero attached hydrogens (tertiary/aromatic N) is 6. The molecule has 3 aromatic rings. The molecule has 1 amide bonds. The van der Waals surface area contributed by atoms with E-state index >= 15 is 0 Å². The van der Waals surface area contributed by atoms with E-state index in [9.17, 15) is 4.79 Å². The number of rotatable bonds is 7. The minimum absolute atomic E-state index is 0.0836. The average Bonchev–Trinajstić information content (AvgIpc) is 3.34. The minimum atomic E-state index is 0.0836. The first-order valence-corrected chi connectivity index (χ1v) is 15.4. The van der Waals surface area contributed by atoms with Crippen molar-refractivity contribution in [1.29, 1.82) is 0 Å². The summed E-state index contributed by atoms with van der Waals surface area (Å²) in [5.74, 6) is 1.57. The predicted octanol–water partition coefficient (Wildman–Crippen LogP) is 4.61. The Morgan fingerprint density at radius 3 is 2.42 bits per heavy atom. The molecule has 0 spiro atoms. The molecule has 1 saturated carbocycles. The molecule has 0 unspecified atom stereocenters. The maximum Gasteiger partial charge on any atom is 0.228 e. The first-order valence-electron chi connectivity index (χ1n) is 15.4. The summed E-state index contributed by atoms with van der Waals surface area (Å²) in [6.07, 6.45) is 12.0. The lowest BCUT2D eigenvalue weighted by Crippen LogP contribution is -2.46. The highest BCUT2D eigenvalue weighted by molar-refractivity contribution is 5.95. The van der Waals surface area contributed by atoms with Gasteiger partial charge in [0.1, 0.15) is 5.82 Å². The minimum Gasteiger partial charge on any atom is -0.310 e. The summed E-state index contributed by atoms with van der Waals surface area (Å²) in [5, 5.41) is 9.91. The largest absolute Gasteiger partial charge is 0.310 e. The summed E-state index contributed by atoms with van der Waals surface area (Å²) in [7, 11) is 4.25. The number of aromatic nitrogens is 3. The molecular formula is C32H45N7O. The number of hydrogen-bond donors (Lipinski definition) is 1. The number of anilines is 1. The fourth-order valence-corrected chi connectivity index (χ4v) is 6.83. The second-order valence-electron chi connectivity index (χ2n) is 12.4. The van der Waals surface area contributed by atoms with Crippen molar-refractivity contribution in [3.63, 3.8) is 0 Å². The van der Waals surface area contributed by atoms with Crippen molar-refractivity contribution in [1.82, 2.24) is 29.5 Å². The van der Waals surface area contributed by atoms with Crippen molar-refractivity contribution >= 4 is 22.5 Å². The number of benzene rings is 1.